The minimum absolute atomic E-state index is 0.194. The van der Waals surface area contributed by atoms with Crippen LogP contribution in [0, 0.1) is 6.92 Å². The Labute approximate surface area is 163 Å². The maximum atomic E-state index is 5.92. The second-order valence-electron chi connectivity index (χ2n) is 6.15. The Kier molecular flexibility index (Phi) is 6.27. The van der Waals surface area contributed by atoms with Crippen LogP contribution >= 0.6 is 11.6 Å². The molecule has 140 valence electrons. The fourth-order valence-corrected chi connectivity index (χ4v) is 2.87. The summed E-state index contributed by atoms with van der Waals surface area (Å²) in [6, 6.07) is 17.2. The second-order valence-corrected chi connectivity index (χ2v) is 6.59. The lowest BCUT2D eigenvalue weighted by atomic mass is 10.0. The van der Waals surface area contributed by atoms with E-state index in [-0.39, 0.29) is 12.2 Å². The van der Waals surface area contributed by atoms with Crippen LogP contribution in [0.4, 0.5) is 0 Å². The Bertz CT molecular complexity index is 906. The van der Waals surface area contributed by atoms with E-state index in [1.54, 1.807) is 13.3 Å². The first-order chi connectivity index (χ1) is 13.1. The molecule has 0 amide bonds. The minimum atomic E-state index is -0.373. The molecule has 0 fully saturated rings. The molecule has 0 spiro atoms. The molecule has 2 aromatic carbocycles. The number of benzene rings is 2. The number of ether oxygens (including phenoxy) is 1. The number of methoxy groups -OCH3 is 1. The zero-order valence-corrected chi connectivity index (χ0v) is 16.2. The van der Waals surface area contributed by atoms with Crippen LogP contribution in [0.5, 0.6) is 0 Å². The van der Waals surface area contributed by atoms with Crippen LogP contribution in [0.15, 0.2) is 64.3 Å². The van der Waals surface area contributed by atoms with Crippen LogP contribution in [-0.2, 0) is 9.57 Å². The maximum absolute atomic E-state index is 5.92. The van der Waals surface area contributed by atoms with Crippen molar-refractivity contribution in [1.82, 2.24) is 5.16 Å². The lowest BCUT2D eigenvalue weighted by Crippen LogP contribution is -2.06. The van der Waals surface area contributed by atoms with Crippen molar-refractivity contribution in [3.63, 3.8) is 0 Å². The number of aromatic nitrogens is 1. The van der Waals surface area contributed by atoms with Crippen LogP contribution < -0.4 is 0 Å². The largest absolute Gasteiger partial charge is 0.388 e. The smallest absolute Gasteiger partial charge is 0.170 e. The lowest BCUT2D eigenvalue weighted by Gasteiger charge is -2.15. The highest BCUT2D eigenvalue weighted by Gasteiger charge is 2.20. The van der Waals surface area contributed by atoms with E-state index in [1.165, 1.54) is 0 Å². The predicted octanol–water partition coefficient (Wildman–Crippen LogP) is 5.48. The molecule has 5 nitrogen and oxygen atoms in total. The van der Waals surface area contributed by atoms with Crippen molar-refractivity contribution in [2.45, 2.75) is 26.1 Å². The summed E-state index contributed by atoms with van der Waals surface area (Å²) in [6.07, 6.45) is 1.11. The number of hydrogen-bond donors (Lipinski definition) is 0. The predicted molar refractivity (Wildman–Crippen MR) is 105 cm³/mol. The average molecular weight is 385 g/mol. The zero-order chi connectivity index (χ0) is 19.2. The molecule has 0 radical (unpaired) electrons. The van der Waals surface area contributed by atoms with Gasteiger partial charge < -0.3 is 14.1 Å². The van der Waals surface area contributed by atoms with Gasteiger partial charge in [-0.05, 0) is 37.1 Å². The van der Waals surface area contributed by atoms with Crippen molar-refractivity contribution >= 4 is 17.8 Å². The van der Waals surface area contributed by atoms with E-state index in [9.17, 15) is 0 Å². The van der Waals surface area contributed by atoms with E-state index in [0.717, 1.165) is 22.4 Å². The van der Waals surface area contributed by atoms with Crippen LogP contribution in [0.25, 0.3) is 0 Å². The van der Waals surface area contributed by atoms with Gasteiger partial charge in [0.1, 0.15) is 12.2 Å². The molecule has 0 N–H and O–H groups in total. The molecule has 2 atom stereocenters. The number of oxime groups is 1. The highest BCUT2D eigenvalue weighted by atomic mass is 35.5. The van der Waals surface area contributed by atoms with E-state index >= 15 is 0 Å². The van der Waals surface area contributed by atoms with Crippen molar-refractivity contribution in [2.75, 3.05) is 7.11 Å². The van der Waals surface area contributed by atoms with Gasteiger partial charge in [0.25, 0.3) is 0 Å². The van der Waals surface area contributed by atoms with Gasteiger partial charge in [0.05, 0.1) is 11.9 Å². The van der Waals surface area contributed by atoms with Crippen molar-refractivity contribution in [3.05, 3.63) is 87.8 Å². The van der Waals surface area contributed by atoms with Crippen LogP contribution in [0.1, 0.15) is 47.3 Å². The number of hydrogen-bond acceptors (Lipinski definition) is 5. The molecule has 1 aromatic heterocycles. The molecule has 1 heterocycles. The SMILES string of the molecule is COC(c1cc(C)no1)c1ccccc1/C=N/OC(C)c1ccc(Cl)cc1. The molecule has 0 aliphatic heterocycles. The molecule has 0 aliphatic carbocycles. The topological polar surface area (TPSA) is 56.9 Å². The third-order valence-electron chi connectivity index (χ3n) is 4.17. The van der Waals surface area contributed by atoms with Gasteiger partial charge in [0.15, 0.2) is 5.76 Å². The molecule has 0 saturated carbocycles. The minimum Gasteiger partial charge on any atom is -0.388 e. The molecule has 0 aliphatic rings. The maximum Gasteiger partial charge on any atom is 0.170 e. The Morgan fingerprint density at radius 3 is 2.56 bits per heavy atom. The summed E-state index contributed by atoms with van der Waals surface area (Å²) in [7, 11) is 1.63. The van der Waals surface area contributed by atoms with Crippen LogP contribution in [0.3, 0.4) is 0 Å². The number of aryl methyl sites for hydroxylation is 1. The lowest BCUT2D eigenvalue weighted by molar-refractivity contribution is 0.0735. The average Bonchev–Trinajstić information content (AvgIpc) is 3.10. The van der Waals surface area contributed by atoms with Gasteiger partial charge in [0, 0.05) is 23.8 Å². The van der Waals surface area contributed by atoms with Crippen LogP contribution in [-0.4, -0.2) is 18.5 Å². The highest BCUT2D eigenvalue weighted by molar-refractivity contribution is 6.30. The van der Waals surface area contributed by atoms with Gasteiger partial charge in [-0.15, -0.1) is 0 Å². The van der Waals surface area contributed by atoms with Crippen molar-refractivity contribution in [3.8, 4) is 0 Å². The van der Waals surface area contributed by atoms with E-state index in [1.807, 2.05) is 68.4 Å². The number of rotatable bonds is 7. The van der Waals surface area contributed by atoms with Gasteiger partial charge in [-0.1, -0.05) is 58.3 Å². The fraction of sp³-hybridized carbons (Fsp3) is 0.238. The summed E-state index contributed by atoms with van der Waals surface area (Å²) in [4.78, 5) is 5.60. The molecule has 3 rings (SSSR count). The first-order valence-corrected chi connectivity index (χ1v) is 8.96. The van der Waals surface area contributed by atoms with Gasteiger partial charge >= 0.3 is 0 Å². The second kappa shape index (κ2) is 8.84. The molecule has 6 heteroatoms. The fourth-order valence-electron chi connectivity index (χ4n) is 2.74. The van der Waals surface area contributed by atoms with Gasteiger partial charge in [-0.25, -0.2) is 0 Å². The number of nitrogens with zero attached hydrogens (tertiary/aromatic N) is 2. The molecular weight excluding hydrogens is 364 g/mol. The summed E-state index contributed by atoms with van der Waals surface area (Å²) in [6.45, 7) is 3.81. The number of halogens is 1. The summed E-state index contributed by atoms with van der Waals surface area (Å²) < 4.78 is 11.0. The highest BCUT2D eigenvalue weighted by Crippen LogP contribution is 2.28. The van der Waals surface area contributed by atoms with E-state index in [0.29, 0.717) is 10.8 Å². The molecule has 0 bridgehead atoms. The molecule has 0 saturated heterocycles. The Balaban J connectivity index is 1.77. The molecule has 3 aromatic rings. The third-order valence-corrected chi connectivity index (χ3v) is 4.42. The first-order valence-electron chi connectivity index (χ1n) is 8.58. The normalized spacial score (nSPS) is 13.6. The first kappa shape index (κ1) is 19.1. The van der Waals surface area contributed by atoms with Gasteiger partial charge in [0.2, 0.25) is 0 Å². The summed E-state index contributed by atoms with van der Waals surface area (Å²) in [5.41, 5.74) is 3.60. The zero-order valence-electron chi connectivity index (χ0n) is 15.4. The Morgan fingerprint density at radius 1 is 1.15 bits per heavy atom. The Hall–Kier alpha value is -2.63. The van der Waals surface area contributed by atoms with Crippen molar-refractivity contribution in [2.24, 2.45) is 5.16 Å². The van der Waals surface area contributed by atoms with Gasteiger partial charge in [-0.2, -0.15) is 0 Å². The monoisotopic (exact) mass is 384 g/mol. The van der Waals surface area contributed by atoms with Crippen molar-refractivity contribution in [1.29, 1.82) is 0 Å². The molecule has 27 heavy (non-hydrogen) atoms. The third kappa shape index (κ3) is 4.76. The summed E-state index contributed by atoms with van der Waals surface area (Å²) in [5, 5.41) is 8.79. The Morgan fingerprint density at radius 2 is 1.89 bits per heavy atom. The van der Waals surface area contributed by atoms with Crippen LogP contribution in [0.2, 0.25) is 5.02 Å². The summed E-state index contributed by atoms with van der Waals surface area (Å²) in [5.74, 6) is 0.645. The van der Waals surface area contributed by atoms with E-state index in [2.05, 4.69) is 10.3 Å². The standard InChI is InChI=1S/C21H21ClN2O3/c1-14-12-20(27-24-14)21(25-3)19-7-5-4-6-17(19)13-23-26-15(2)16-8-10-18(22)11-9-16/h4-13,15,21H,1-3H3/b23-13+. The summed E-state index contributed by atoms with van der Waals surface area (Å²) >= 11 is 5.92. The molecule has 2 unspecified atom stereocenters. The van der Waals surface area contributed by atoms with E-state index in [4.69, 9.17) is 25.7 Å². The quantitative estimate of drug-likeness (QED) is 0.399. The van der Waals surface area contributed by atoms with Crippen molar-refractivity contribution < 1.29 is 14.1 Å². The molecular formula is C21H21ClN2O3. The van der Waals surface area contributed by atoms with E-state index < -0.39 is 0 Å². The van der Waals surface area contributed by atoms with Gasteiger partial charge in [-0.3, -0.25) is 0 Å².